The number of aliphatic imine (C=N–C) groups is 1. The normalized spacial score (nSPS) is 14.4. The quantitative estimate of drug-likeness (QED) is 0.417. The average molecular weight is 539 g/mol. The Labute approximate surface area is 184 Å². The first kappa shape index (κ1) is 20.3. The largest absolute Gasteiger partial charge is 0.434 e. The summed E-state index contributed by atoms with van der Waals surface area (Å²) in [5.41, 5.74) is 1.61. The van der Waals surface area contributed by atoms with Gasteiger partial charge in [0.1, 0.15) is 4.90 Å². The number of H-pyrrole nitrogens is 1. The smallest absolute Gasteiger partial charge is 0.388 e. The molecule has 2 aromatic carbocycles. The van der Waals surface area contributed by atoms with Crippen LogP contribution in [-0.2, 0) is 21.2 Å². The second-order valence-electron chi connectivity index (χ2n) is 6.26. The second-order valence-corrected chi connectivity index (χ2v) is 9.16. The summed E-state index contributed by atoms with van der Waals surface area (Å²) in [6.07, 6.45) is 0.396. The third-order valence-electron chi connectivity index (χ3n) is 4.26. The number of benzene rings is 2. The number of carbonyl (C=O) groups excluding carboxylic acids is 1. The topological polar surface area (TPSA) is 147 Å². The maximum atomic E-state index is 12.5. The van der Waals surface area contributed by atoms with Gasteiger partial charge in [-0.2, -0.15) is 0 Å². The Kier molecular flexibility index (Phi) is 5.42. The number of nitrogens with one attached hydrogen (secondary N) is 3. The van der Waals surface area contributed by atoms with Crippen LogP contribution in [0.5, 0.6) is 0 Å². The fourth-order valence-corrected chi connectivity index (χ4v) is 4.78. The number of rotatable bonds is 5. The predicted octanol–water partition coefficient (Wildman–Crippen LogP) is 1.32. The van der Waals surface area contributed by atoms with Crippen molar-refractivity contribution in [2.24, 2.45) is 4.99 Å². The zero-order chi connectivity index (χ0) is 21.3. The number of hydrogen-bond donors (Lipinski definition) is 3. The van der Waals surface area contributed by atoms with Crippen molar-refractivity contribution in [1.82, 2.24) is 20.2 Å². The molecule has 2 heterocycles. The first-order valence-electron chi connectivity index (χ1n) is 8.66. The summed E-state index contributed by atoms with van der Waals surface area (Å²) in [7, 11) is -3.88. The van der Waals surface area contributed by atoms with Crippen molar-refractivity contribution in [2.75, 3.05) is 6.54 Å². The monoisotopic (exact) mass is 539 g/mol. The zero-order valence-corrected chi connectivity index (χ0v) is 18.2. The minimum Gasteiger partial charge on any atom is -0.388 e. The molecule has 1 aromatic heterocycles. The number of carbonyl (C=O) groups is 1. The molecule has 12 heteroatoms. The predicted molar refractivity (Wildman–Crippen MR) is 116 cm³/mol. The van der Waals surface area contributed by atoms with E-state index in [1.165, 1.54) is 6.07 Å². The standard InChI is InChI=1S/C18H14IN5O5S/c19-11-5-6-13-14(9-11)30(27,28)24-15(21-13)16(25)20-8-7-10-3-1-2-4-12(10)17-22-23-18(26)29-17/h1-6,9H,7-8H2,(H,20,25)(H,21,24)(H,23,26). The Morgan fingerprint density at radius 2 is 2.00 bits per heavy atom. The van der Waals surface area contributed by atoms with Crippen molar-refractivity contribution < 1.29 is 17.6 Å². The van der Waals surface area contributed by atoms with Gasteiger partial charge in [0.05, 0.1) is 5.69 Å². The van der Waals surface area contributed by atoms with Crippen LogP contribution >= 0.6 is 22.6 Å². The molecule has 0 fully saturated rings. The SMILES string of the molecule is O=C(NCCc1ccccc1-c1n[nH]c(=O)o1)C1=Nc2ccc(I)cc2S(=O)(=O)N1. The lowest BCUT2D eigenvalue weighted by molar-refractivity contribution is -0.114. The maximum Gasteiger partial charge on any atom is 0.434 e. The molecule has 3 aromatic rings. The van der Waals surface area contributed by atoms with E-state index in [4.69, 9.17) is 4.42 Å². The molecular weight excluding hydrogens is 525 g/mol. The van der Waals surface area contributed by atoms with Crippen LogP contribution in [0.4, 0.5) is 5.69 Å². The Bertz CT molecular complexity index is 1330. The molecule has 1 amide bonds. The van der Waals surface area contributed by atoms with Gasteiger partial charge in [0.2, 0.25) is 11.7 Å². The molecule has 4 rings (SSSR count). The molecule has 0 saturated carbocycles. The molecule has 0 aliphatic carbocycles. The highest BCUT2D eigenvalue weighted by Gasteiger charge is 2.28. The minimum atomic E-state index is -3.88. The number of fused-ring (bicyclic) bond motifs is 1. The van der Waals surface area contributed by atoms with Gasteiger partial charge in [-0.25, -0.2) is 23.3 Å². The van der Waals surface area contributed by atoms with Crippen LogP contribution in [0.15, 0.2) is 61.6 Å². The molecule has 0 atom stereocenters. The molecule has 154 valence electrons. The fraction of sp³-hybridized carbons (Fsp3) is 0.111. The van der Waals surface area contributed by atoms with Gasteiger partial charge in [-0.1, -0.05) is 18.2 Å². The van der Waals surface area contributed by atoms with Crippen molar-refractivity contribution in [3.63, 3.8) is 0 Å². The fourth-order valence-electron chi connectivity index (χ4n) is 2.90. The summed E-state index contributed by atoms with van der Waals surface area (Å²) >= 11 is 2.00. The third-order valence-corrected chi connectivity index (χ3v) is 6.29. The van der Waals surface area contributed by atoms with Crippen LogP contribution in [0.2, 0.25) is 0 Å². The van der Waals surface area contributed by atoms with Crippen LogP contribution < -0.4 is 15.8 Å². The van der Waals surface area contributed by atoms with Gasteiger partial charge < -0.3 is 9.73 Å². The molecule has 0 saturated heterocycles. The summed E-state index contributed by atoms with van der Waals surface area (Å²) in [4.78, 5) is 27.8. The Morgan fingerprint density at radius 1 is 1.20 bits per heavy atom. The van der Waals surface area contributed by atoms with Crippen molar-refractivity contribution in [3.8, 4) is 11.5 Å². The zero-order valence-electron chi connectivity index (χ0n) is 15.2. The molecule has 0 spiro atoms. The first-order chi connectivity index (χ1) is 14.3. The summed E-state index contributed by atoms with van der Waals surface area (Å²) in [6, 6.07) is 11.9. The molecule has 10 nitrogen and oxygen atoms in total. The van der Waals surface area contributed by atoms with Gasteiger partial charge in [0.25, 0.3) is 15.9 Å². The number of aromatic nitrogens is 2. The summed E-state index contributed by atoms with van der Waals surface area (Å²) < 4.78 is 32.8. The minimum absolute atomic E-state index is 0.0281. The molecule has 1 aliphatic heterocycles. The van der Waals surface area contributed by atoms with Crippen LogP contribution in [0.25, 0.3) is 11.5 Å². The molecule has 30 heavy (non-hydrogen) atoms. The highest BCUT2D eigenvalue weighted by atomic mass is 127. The molecule has 0 radical (unpaired) electrons. The van der Waals surface area contributed by atoms with Crippen LogP contribution in [-0.4, -0.2) is 36.9 Å². The van der Waals surface area contributed by atoms with E-state index in [9.17, 15) is 18.0 Å². The van der Waals surface area contributed by atoms with E-state index in [-0.39, 0.29) is 28.9 Å². The van der Waals surface area contributed by atoms with Gasteiger partial charge >= 0.3 is 5.76 Å². The van der Waals surface area contributed by atoms with E-state index in [0.29, 0.717) is 12.0 Å². The van der Waals surface area contributed by atoms with Crippen LogP contribution in [0.1, 0.15) is 5.56 Å². The number of nitrogens with zero attached hydrogens (tertiary/aromatic N) is 2. The van der Waals surface area contributed by atoms with Crippen molar-refractivity contribution in [1.29, 1.82) is 0 Å². The Morgan fingerprint density at radius 3 is 2.77 bits per heavy atom. The maximum absolute atomic E-state index is 12.5. The summed E-state index contributed by atoms with van der Waals surface area (Å²) in [6.45, 7) is 0.199. The first-order valence-corrected chi connectivity index (χ1v) is 11.2. The van der Waals surface area contributed by atoms with E-state index < -0.39 is 21.7 Å². The van der Waals surface area contributed by atoms with Crippen molar-refractivity contribution in [3.05, 3.63) is 62.1 Å². The van der Waals surface area contributed by atoms with Crippen molar-refractivity contribution >= 4 is 50.0 Å². The molecule has 0 unspecified atom stereocenters. The number of hydrogen-bond acceptors (Lipinski definition) is 7. The molecule has 3 N–H and O–H groups in total. The Hall–Kier alpha value is -3.00. The van der Waals surface area contributed by atoms with Crippen molar-refractivity contribution in [2.45, 2.75) is 11.3 Å². The van der Waals surface area contributed by atoms with E-state index in [2.05, 4.69) is 25.2 Å². The number of aromatic amines is 1. The van der Waals surface area contributed by atoms with Gasteiger partial charge in [-0.15, -0.1) is 5.10 Å². The highest BCUT2D eigenvalue weighted by molar-refractivity contribution is 14.1. The molecular formula is C18H14IN5O5S. The lowest BCUT2D eigenvalue weighted by Gasteiger charge is -2.17. The lowest BCUT2D eigenvalue weighted by atomic mass is 10.0. The van der Waals surface area contributed by atoms with E-state index in [1.54, 1.807) is 24.3 Å². The lowest BCUT2D eigenvalue weighted by Crippen LogP contribution is -2.44. The van der Waals surface area contributed by atoms with Crippen LogP contribution in [0, 0.1) is 3.57 Å². The number of halogens is 1. The number of amides is 1. The highest BCUT2D eigenvalue weighted by Crippen LogP contribution is 2.29. The summed E-state index contributed by atoms with van der Waals surface area (Å²) in [5.74, 6) is -1.45. The molecule has 1 aliphatic rings. The van der Waals surface area contributed by atoms with Gasteiger partial charge in [0.15, 0.2) is 0 Å². The van der Waals surface area contributed by atoms with Gasteiger partial charge in [-0.05, 0) is 58.8 Å². The number of sulfonamides is 1. The molecule has 0 bridgehead atoms. The third kappa shape index (κ3) is 4.14. The van der Waals surface area contributed by atoms with Gasteiger partial charge in [0, 0.05) is 15.7 Å². The van der Waals surface area contributed by atoms with E-state index in [0.717, 1.165) is 9.13 Å². The van der Waals surface area contributed by atoms with Gasteiger partial charge in [-0.3, -0.25) is 9.52 Å². The summed E-state index contributed by atoms with van der Waals surface area (Å²) in [5, 5.41) is 8.67. The number of amidine groups is 1. The average Bonchev–Trinajstić information content (AvgIpc) is 3.14. The second kappa shape index (κ2) is 8.02. The Balaban J connectivity index is 1.48. The van der Waals surface area contributed by atoms with E-state index >= 15 is 0 Å². The van der Waals surface area contributed by atoms with E-state index in [1.807, 2.05) is 34.7 Å². The van der Waals surface area contributed by atoms with Crippen LogP contribution in [0.3, 0.4) is 0 Å².